The van der Waals surface area contributed by atoms with E-state index in [0.29, 0.717) is 17.3 Å². The number of amides is 1. The summed E-state index contributed by atoms with van der Waals surface area (Å²) in [6.45, 7) is 0.438. The van der Waals surface area contributed by atoms with Crippen LogP contribution >= 0.6 is 11.6 Å². The summed E-state index contributed by atoms with van der Waals surface area (Å²) in [5.74, 6) is -4.24. The molecule has 2 unspecified atom stereocenters. The van der Waals surface area contributed by atoms with Crippen molar-refractivity contribution in [3.05, 3.63) is 106 Å². The van der Waals surface area contributed by atoms with Crippen molar-refractivity contribution in [2.45, 2.75) is 49.2 Å². The van der Waals surface area contributed by atoms with E-state index in [-0.39, 0.29) is 53.8 Å². The van der Waals surface area contributed by atoms with E-state index >= 15 is 0 Å². The minimum Gasteiger partial charge on any atom is -0.382 e. The lowest BCUT2D eigenvalue weighted by Crippen LogP contribution is -2.45. The normalized spacial score (nSPS) is 19.5. The van der Waals surface area contributed by atoms with Crippen molar-refractivity contribution >= 4 is 29.1 Å². The molecule has 0 bridgehead atoms. The number of nitrogens with zero attached hydrogens (tertiary/aromatic N) is 4. The van der Waals surface area contributed by atoms with Crippen molar-refractivity contribution in [2.75, 3.05) is 23.3 Å². The Balaban J connectivity index is 1.42. The number of aliphatic hydroxyl groups excluding tert-OH is 1. The monoisotopic (exact) mass is 649 g/mol. The molecular formula is C31H26ClF6N5O2. The third-order valence-corrected chi connectivity index (χ3v) is 8.55. The van der Waals surface area contributed by atoms with Crippen molar-refractivity contribution in [2.24, 2.45) is 0 Å². The second-order valence-electron chi connectivity index (χ2n) is 11.1. The van der Waals surface area contributed by atoms with Crippen LogP contribution in [0.5, 0.6) is 0 Å². The number of carbonyl (C=O) groups is 1. The van der Waals surface area contributed by atoms with Crippen LogP contribution in [0.1, 0.15) is 58.7 Å². The second-order valence-corrected chi connectivity index (χ2v) is 11.5. The number of benzene rings is 2. The molecule has 4 aromatic rings. The maximum Gasteiger partial charge on any atom is 0.417 e. The number of pyridine rings is 1. The fraction of sp³-hybridized carbons (Fsp3) is 0.323. The molecule has 1 fully saturated rings. The molecule has 0 radical (unpaired) electrons. The van der Waals surface area contributed by atoms with E-state index in [9.17, 15) is 36.2 Å². The van der Waals surface area contributed by atoms with E-state index in [4.69, 9.17) is 16.7 Å². The highest BCUT2D eigenvalue weighted by molar-refractivity contribution is 6.33. The topological polar surface area (TPSA) is 83.3 Å². The number of anilines is 2. The summed E-state index contributed by atoms with van der Waals surface area (Å²) >= 11 is 6.16. The van der Waals surface area contributed by atoms with Gasteiger partial charge in [-0.05, 0) is 30.0 Å². The zero-order valence-electron chi connectivity index (χ0n) is 23.4. The summed E-state index contributed by atoms with van der Waals surface area (Å²) in [7, 11) is 0. The molecule has 2 aromatic heterocycles. The maximum absolute atomic E-state index is 14.6. The first kappa shape index (κ1) is 30.9. The van der Waals surface area contributed by atoms with Crippen LogP contribution in [0.15, 0.2) is 72.9 Å². The largest absolute Gasteiger partial charge is 0.417 e. The molecule has 0 aliphatic carbocycles. The molecule has 0 saturated carbocycles. The highest BCUT2D eigenvalue weighted by atomic mass is 35.5. The van der Waals surface area contributed by atoms with Gasteiger partial charge in [0.25, 0.3) is 5.91 Å². The number of hydrogen-bond donors (Lipinski definition) is 2. The van der Waals surface area contributed by atoms with Crippen molar-refractivity contribution < 1.29 is 36.2 Å². The lowest BCUT2D eigenvalue weighted by atomic mass is 9.82. The Labute approximate surface area is 258 Å². The number of hydrogen-bond acceptors (Lipinski definition) is 5. The van der Waals surface area contributed by atoms with Gasteiger partial charge in [0.2, 0.25) is 0 Å². The van der Waals surface area contributed by atoms with Crippen LogP contribution < -0.4 is 10.2 Å². The van der Waals surface area contributed by atoms with E-state index in [1.54, 1.807) is 41.3 Å². The van der Waals surface area contributed by atoms with Gasteiger partial charge in [-0.25, -0.2) is 9.67 Å². The molecule has 1 amide bonds. The Kier molecular flexibility index (Phi) is 8.02. The summed E-state index contributed by atoms with van der Waals surface area (Å²) in [6.07, 6.45) is -10.8. The average molecular weight is 650 g/mol. The number of halogens is 7. The van der Waals surface area contributed by atoms with Crippen molar-refractivity contribution in [1.29, 1.82) is 0 Å². The van der Waals surface area contributed by atoms with E-state index < -0.39 is 47.8 Å². The van der Waals surface area contributed by atoms with Crippen LogP contribution in [-0.2, 0) is 11.0 Å². The summed E-state index contributed by atoms with van der Waals surface area (Å²) in [5, 5.41) is 17.6. The van der Waals surface area contributed by atoms with Crippen LogP contribution in [0.25, 0.3) is 0 Å². The minimum absolute atomic E-state index is 0.0920. The van der Waals surface area contributed by atoms with E-state index in [1.165, 1.54) is 4.68 Å². The highest BCUT2D eigenvalue weighted by Gasteiger charge is 2.55. The fourth-order valence-electron chi connectivity index (χ4n) is 6.16. The minimum atomic E-state index is -4.97. The van der Waals surface area contributed by atoms with Gasteiger partial charge in [0.15, 0.2) is 0 Å². The third kappa shape index (κ3) is 5.86. The van der Waals surface area contributed by atoms with Crippen molar-refractivity contribution in [3.63, 3.8) is 0 Å². The zero-order chi connectivity index (χ0) is 32.1. The van der Waals surface area contributed by atoms with Crippen LogP contribution in [0.4, 0.5) is 38.0 Å². The quantitative estimate of drug-likeness (QED) is 0.229. The van der Waals surface area contributed by atoms with Gasteiger partial charge in [-0.3, -0.25) is 4.79 Å². The standard InChI is InChI=1S/C31H26ClF6N5O2/c32-21-15-20(30(33,34)35)16-39-27(21)42-13-11-17(12-14-42)24-22-23(31(36,37)38)26(44)29(45)40-28(22)43(41-24)25(18-7-3-1-4-8-18)19-9-5-2-6-10-19/h1-10,15-17,23,25-26,44H,11-14H2,(H,40,45). The molecule has 2 atom stereocenters. The Bertz CT molecular complexity index is 1650. The summed E-state index contributed by atoms with van der Waals surface area (Å²) in [4.78, 5) is 18.4. The molecule has 0 spiro atoms. The Morgan fingerprint density at radius 1 is 0.933 bits per heavy atom. The predicted molar refractivity (Wildman–Crippen MR) is 154 cm³/mol. The fourth-order valence-corrected chi connectivity index (χ4v) is 6.44. The molecule has 4 heterocycles. The number of piperidine rings is 1. The highest BCUT2D eigenvalue weighted by Crippen LogP contribution is 2.49. The molecule has 6 rings (SSSR count). The zero-order valence-corrected chi connectivity index (χ0v) is 24.1. The van der Waals surface area contributed by atoms with Gasteiger partial charge < -0.3 is 15.3 Å². The van der Waals surface area contributed by atoms with Gasteiger partial charge in [0.05, 0.1) is 16.3 Å². The summed E-state index contributed by atoms with van der Waals surface area (Å²) in [5.41, 5.74) is 0.225. The van der Waals surface area contributed by atoms with Crippen LogP contribution in [-0.4, -0.2) is 51.1 Å². The summed E-state index contributed by atoms with van der Waals surface area (Å²) < 4.78 is 84.5. The number of aliphatic hydroxyl groups is 1. The molecule has 45 heavy (non-hydrogen) atoms. The van der Waals surface area contributed by atoms with E-state index in [1.807, 2.05) is 24.3 Å². The Morgan fingerprint density at radius 3 is 2.02 bits per heavy atom. The van der Waals surface area contributed by atoms with Gasteiger partial charge in [0.1, 0.15) is 29.7 Å². The number of alkyl halides is 6. The van der Waals surface area contributed by atoms with Gasteiger partial charge >= 0.3 is 12.4 Å². The first-order chi connectivity index (χ1) is 21.3. The number of aromatic nitrogens is 3. The Morgan fingerprint density at radius 2 is 1.51 bits per heavy atom. The molecule has 2 aromatic carbocycles. The van der Waals surface area contributed by atoms with Crippen molar-refractivity contribution in [1.82, 2.24) is 14.8 Å². The number of carbonyl (C=O) groups excluding carboxylic acids is 1. The molecule has 2 N–H and O–H groups in total. The molecule has 14 heteroatoms. The van der Waals surface area contributed by atoms with Gasteiger partial charge in [-0.15, -0.1) is 0 Å². The SMILES string of the molecule is O=C1Nc2c(c(C3CCN(c4ncc(C(F)(F)F)cc4Cl)CC3)nn2C(c2ccccc2)c2ccccc2)C(C(F)(F)F)C1O. The summed E-state index contributed by atoms with van der Waals surface area (Å²) in [6, 6.07) is 18.1. The molecular weight excluding hydrogens is 624 g/mol. The molecule has 1 saturated heterocycles. The third-order valence-electron chi connectivity index (χ3n) is 8.27. The smallest absolute Gasteiger partial charge is 0.382 e. The van der Waals surface area contributed by atoms with Crippen LogP contribution in [0, 0.1) is 0 Å². The van der Waals surface area contributed by atoms with E-state index in [0.717, 1.165) is 6.07 Å². The van der Waals surface area contributed by atoms with Crippen LogP contribution in [0.2, 0.25) is 5.02 Å². The Hall–Kier alpha value is -4.10. The molecule has 2 aliphatic heterocycles. The molecule has 2 aliphatic rings. The molecule has 236 valence electrons. The first-order valence-corrected chi connectivity index (χ1v) is 14.5. The number of rotatable bonds is 5. The second kappa shape index (κ2) is 11.7. The van der Waals surface area contributed by atoms with Gasteiger partial charge in [0, 0.05) is 30.8 Å². The maximum atomic E-state index is 14.6. The van der Waals surface area contributed by atoms with Gasteiger partial charge in [-0.1, -0.05) is 72.3 Å². The number of fused-ring (bicyclic) bond motifs is 1. The first-order valence-electron chi connectivity index (χ1n) is 14.1. The lowest BCUT2D eigenvalue weighted by molar-refractivity contribution is -0.177. The van der Waals surface area contributed by atoms with Crippen molar-refractivity contribution in [3.8, 4) is 0 Å². The van der Waals surface area contributed by atoms with Crippen LogP contribution in [0.3, 0.4) is 0 Å². The predicted octanol–water partition coefficient (Wildman–Crippen LogP) is 6.93. The van der Waals surface area contributed by atoms with Gasteiger partial charge in [-0.2, -0.15) is 31.4 Å². The number of nitrogens with one attached hydrogen (secondary N) is 1. The average Bonchev–Trinajstić information content (AvgIpc) is 3.35. The molecule has 7 nitrogen and oxygen atoms in total. The lowest BCUT2D eigenvalue weighted by Gasteiger charge is -2.35. The van der Waals surface area contributed by atoms with E-state index in [2.05, 4.69) is 10.3 Å².